The number of benzene rings is 1. The summed E-state index contributed by atoms with van der Waals surface area (Å²) >= 11 is 3.34. The Morgan fingerprint density at radius 3 is 2.50 bits per heavy atom. The van der Waals surface area contributed by atoms with Crippen molar-refractivity contribution in [1.29, 1.82) is 0 Å². The lowest BCUT2D eigenvalue weighted by Gasteiger charge is -2.01. The molecule has 0 aliphatic heterocycles. The van der Waals surface area contributed by atoms with Crippen molar-refractivity contribution >= 4 is 26.7 Å². The number of allylic oxidation sites excluding steroid dienone is 1. The molecule has 0 aliphatic carbocycles. The lowest BCUT2D eigenvalue weighted by atomic mass is 10.1. The Morgan fingerprint density at radius 2 is 2.00 bits per heavy atom. The summed E-state index contributed by atoms with van der Waals surface area (Å²) in [5.41, 5.74) is 2.37. The molecule has 1 nitrogen and oxygen atoms in total. The van der Waals surface area contributed by atoms with Crippen molar-refractivity contribution in [2.45, 2.75) is 19.8 Å². The van der Waals surface area contributed by atoms with E-state index in [1.165, 1.54) is 11.6 Å². The van der Waals surface area contributed by atoms with Gasteiger partial charge < -0.3 is 0 Å². The zero-order valence-corrected chi connectivity index (χ0v) is 9.75. The van der Waals surface area contributed by atoms with Gasteiger partial charge in [-0.25, -0.2) is 0 Å². The third-order valence-corrected chi connectivity index (χ3v) is 2.70. The molecule has 0 fully saturated rings. The molecule has 0 unspecified atom stereocenters. The maximum Gasteiger partial charge on any atom is 0.143 e. The third kappa shape index (κ3) is 3.11. The van der Waals surface area contributed by atoms with Crippen molar-refractivity contribution in [1.82, 2.24) is 0 Å². The molecular weight excluding hydrogens is 240 g/mol. The van der Waals surface area contributed by atoms with Crippen LogP contribution in [0.5, 0.6) is 0 Å². The van der Waals surface area contributed by atoms with Crippen molar-refractivity contribution in [2.75, 3.05) is 0 Å². The van der Waals surface area contributed by atoms with Gasteiger partial charge in [-0.05, 0) is 23.6 Å². The highest BCUT2D eigenvalue weighted by molar-refractivity contribution is 9.15. The minimum Gasteiger partial charge on any atom is -0.299 e. The fourth-order valence-corrected chi connectivity index (χ4v) is 1.65. The van der Waals surface area contributed by atoms with E-state index in [-0.39, 0.29) is 0 Å². The molecule has 0 saturated heterocycles. The Labute approximate surface area is 93.0 Å². The van der Waals surface area contributed by atoms with Crippen LogP contribution < -0.4 is 0 Å². The van der Waals surface area contributed by atoms with Gasteiger partial charge in [0.2, 0.25) is 0 Å². The van der Waals surface area contributed by atoms with Crippen LogP contribution in [-0.4, -0.2) is 6.29 Å². The minimum absolute atomic E-state index is 0.782. The van der Waals surface area contributed by atoms with Gasteiger partial charge in [-0.2, -0.15) is 0 Å². The minimum atomic E-state index is 0.782. The van der Waals surface area contributed by atoms with Crippen molar-refractivity contribution in [2.24, 2.45) is 0 Å². The Hall–Kier alpha value is -0.890. The summed E-state index contributed by atoms with van der Waals surface area (Å²) in [6, 6.07) is 8.24. The second kappa shape index (κ2) is 5.76. The molecule has 0 bridgehead atoms. The molecule has 0 atom stereocenters. The van der Waals surface area contributed by atoms with Crippen LogP contribution in [-0.2, 0) is 11.2 Å². The summed E-state index contributed by atoms with van der Waals surface area (Å²) in [7, 11) is 0. The first kappa shape index (κ1) is 11.2. The van der Waals surface area contributed by atoms with Gasteiger partial charge in [0.1, 0.15) is 6.29 Å². The van der Waals surface area contributed by atoms with Crippen molar-refractivity contribution < 1.29 is 4.79 Å². The average molecular weight is 253 g/mol. The molecule has 0 radical (unpaired) electrons. The van der Waals surface area contributed by atoms with Gasteiger partial charge in [0, 0.05) is 4.48 Å². The smallest absolute Gasteiger partial charge is 0.143 e. The monoisotopic (exact) mass is 252 g/mol. The predicted octanol–water partition coefficient (Wildman–Crippen LogP) is 3.57. The van der Waals surface area contributed by atoms with E-state index in [0.29, 0.717) is 0 Å². The van der Waals surface area contributed by atoms with Crippen LogP contribution in [0.15, 0.2) is 30.3 Å². The van der Waals surface area contributed by atoms with E-state index >= 15 is 0 Å². The molecule has 1 aromatic carbocycles. The maximum absolute atomic E-state index is 10.3. The van der Waals surface area contributed by atoms with Crippen LogP contribution in [0.2, 0.25) is 0 Å². The quantitative estimate of drug-likeness (QED) is 0.592. The summed E-state index contributed by atoms with van der Waals surface area (Å²) in [5.74, 6) is 0. The summed E-state index contributed by atoms with van der Waals surface area (Å²) in [4.78, 5) is 10.3. The van der Waals surface area contributed by atoms with Gasteiger partial charge in [0.25, 0.3) is 0 Å². The van der Waals surface area contributed by atoms with E-state index in [1.807, 2.05) is 12.1 Å². The molecule has 0 saturated carbocycles. The first-order valence-corrected chi connectivity index (χ1v) is 5.47. The van der Waals surface area contributed by atoms with Crippen LogP contribution in [0.3, 0.4) is 0 Å². The van der Waals surface area contributed by atoms with Crippen molar-refractivity contribution in [3.8, 4) is 0 Å². The first-order valence-electron chi connectivity index (χ1n) is 4.68. The van der Waals surface area contributed by atoms with Gasteiger partial charge in [-0.3, -0.25) is 4.79 Å². The lowest BCUT2D eigenvalue weighted by Crippen LogP contribution is -1.84. The standard InChI is InChI=1S/C12H13BrO/c1-2-3-10-4-6-11(7-5-10)12(13)8-9-14/h4-9H,2-3H2,1H3/b12-8-. The zero-order valence-electron chi connectivity index (χ0n) is 8.16. The Morgan fingerprint density at radius 1 is 1.36 bits per heavy atom. The molecule has 14 heavy (non-hydrogen) atoms. The molecule has 0 aromatic heterocycles. The molecule has 0 N–H and O–H groups in total. The summed E-state index contributed by atoms with van der Waals surface area (Å²) in [6.07, 6.45) is 4.55. The number of aryl methyl sites for hydroxylation is 1. The highest BCUT2D eigenvalue weighted by Crippen LogP contribution is 2.20. The number of hydrogen-bond donors (Lipinski definition) is 0. The molecule has 0 amide bonds. The number of hydrogen-bond acceptors (Lipinski definition) is 1. The van der Waals surface area contributed by atoms with Crippen LogP contribution in [0.1, 0.15) is 24.5 Å². The van der Waals surface area contributed by atoms with Gasteiger partial charge in [-0.15, -0.1) is 0 Å². The lowest BCUT2D eigenvalue weighted by molar-refractivity contribution is -0.104. The summed E-state index contributed by atoms with van der Waals surface area (Å²) < 4.78 is 0.829. The van der Waals surface area contributed by atoms with E-state index < -0.39 is 0 Å². The normalized spacial score (nSPS) is 11.4. The van der Waals surface area contributed by atoms with Crippen LogP contribution >= 0.6 is 15.9 Å². The van der Waals surface area contributed by atoms with Gasteiger partial charge in [0.15, 0.2) is 0 Å². The number of halogens is 1. The average Bonchev–Trinajstić information content (AvgIpc) is 2.20. The number of carbonyl (C=O) groups is 1. The first-order chi connectivity index (χ1) is 6.77. The highest BCUT2D eigenvalue weighted by Gasteiger charge is 1.96. The van der Waals surface area contributed by atoms with E-state index in [9.17, 15) is 4.79 Å². The fourth-order valence-electron chi connectivity index (χ4n) is 1.28. The highest BCUT2D eigenvalue weighted by atomic mass is 79.9. The predicted molar refractivity (Wildman–Crippen MR) is 63.4 cm³/mol. The molecule has 0 spiro atoms. The molecule has 1 rings (SSSR count). The molecule has 0 aliphatic rings. The second-order valence-electron chi connectivity index (χ2n) is 3.10. The Balaban J connectivity index is 2.82. The van der Waals surface area contributed by atoms with Gasteiger partial charge in [0.05, 0.1) is 0 Å². The van der Waals surface area contributed by atoms with Crippen LogP contribution in [0.4, 0.5) is 0 Å². The van der Waals surface area contributed by atoms with Gasteiger partial charge in [-0.1, -0.05) is 53.5 Å². The fraction of sp³-hybridized carbons (Fsp3) is 0.250. The van der Waals surface area contributed by atoms with E-state index in [4.69, 9.17) is 0 Å². The molecular formula is C12H13BrO. The van der Waals surface area contributed by atoms with E-state index in [0.717, 1.165) is 29.2 Å². The van der Waals surface area contributed by atoms with Crippen LogP contribution in [0.25, 0.3) is 4.48 Å². The molecule has 1 aromatic rings. The molecule has 74 valence electrons. The van der Waals surface area contributed by atoms with E-state index in [1.54, 1.807) is 0 Å². The van der Waals surface area contributed by atoms with E-state index in [2.05, 4.69) is 35.0 Å². The Kier molecular flexibility index (Phi) is 4.60. The summed E-state index contributed by atoms with van der Waals surface area (Å²) in [6.45, 7) is 2.16. The Bertz CT molecular complexity index is 325. The number of aldehydes is 1. The zero-order chi connectivity index (χ0) is 10.4. The largest absolute Gasteiger partial charge is 0.299 e. The second-order valence-corrected chi connectivity index (χ2v) is 3.95. The maximum atomic E-state index is 10.3. The topological polar surface area (TPSA) is 17.1 Å². The third-order valence-electron chi connectivity index (χ3n) is 1.98. The number of rotatable bonds is 4. The van der Waals surface area contributed by atoms with Crippen LogP contribution in [0, 0.1) is 0 Å². The molecule has 0 heterocycles. The van der Waals surface area contributed by atoms with Gasteiger partial charge >= 0.3 is 0 Å². The number of carbonyl (C=O) groups excluding carboxylic acids is 1. The SMILES string of the molecule is CCCc1ccc(/C(Br)=C/C=O)cc1. The molecule has 2 heteroatoms. The van der Waals surface area contributed by atoms with Crippen molar-refractivity contribution in [3.63, 3.8) is 0 Å². The summed E-state index contributed by atoms with van der Waals surface area (Å²) in [5, 5.41) is 0. The van der Waals surface area contributed by atoms with Crippen molar-refractivity contribution in [3.05, 3.63) is 41.5 Å².